The van der Waals surface area contributed by atoms with Crippen LogP contribution < -0.4 is 4.74 Å². The zero-order chi connectivity index (χ0) is 19.8. The maximum atomic E-state index is 10.7. The van der Waals surface area contributed by atoms with Crippen molar-refractivity contribution in [2.45, 2.75) is 44.1 Å². The molecule has 9 atom stereocenters. The molecule has 12 heteroatoms. The molecule has 1 aromatic carbocycles. The average Bonchev–Trinajstić information content (AvgIpc) is 2.69. The molecule has 1 aliphatic carbocycles. The zero-order valence-electron chi connectivity index (χ0n) is 15.2. The number of rotatable bonds is 10. The Morgan fingerprint density at radius 2 is 1.41 bits per heavy atom. The van der Waals surface area contributed by atoms with E-state index in [0.29, 0.717) is 6.61 Å². The van der Waals surface area contributed by atoms with Gasteiger partial charge < -0.3 is 28.2 Å². The summed E-state index contributed by atoms with van der Waals surface area (Å²) in [6.45, 7) is 2.21. The van der Waals surface area contributed by atoms with Crippen molar-refractivity contribution in [3.8, 4) is 5.75 Å². The van der Waals surface area contributed by atoms with Crippen LogP contribution in [0.25, 0.3) is 0 Å². The number of hydrogen-bond acceptors (Lipinski definition) is 6. The van der Waals surface area contributed by atoms with Crippen LogP contribution in [0.15, 0.2) is 24.3 Å². The highest BCUT2D eigenvalue weighted by atomic mass is 31.1. The van der Waals surface area contributed by atoms with Crippen molar-refractivity contribution in [1.82, 2.24) is 0 Å². The highest BCUT2D eigenvalue weighted by Crippen LogP contribution is 2.39. The quantitative estimate of drug-likeness (QED) is 0.457. The largest absolute Gasteiger partial charge is 0.497 e. The molecule has 1 aromatic rings. The Morgan fingerprint density at radius 3 is 1.93 bits per heavy atom. The first-order valence-corrected chi connectivity index (χ1v) is 11.3. The standard InChI is InChI=1S/C15H22B3O6P3/c1-8-11(19)13(22-25-16)15(24-27-18)14(23-26-17)12(8)21-7-9-3-5-10(20-2)6-4-9/h3-6,8,11-15,19,25-27H,7H2,1-2H3. The van der Waals surface area contributed by atoms with Gasteiger partial charge in [-0.25, -0.2) is 0 Å². The van der Waals surface area contributed by atoms with E-state index in [9.17, 15) is 5.11 Å². The molecule has 1 N–H and O–H groups in total. The molecule has 1 saturated carbocycles. The Balaban J connectivity index is 2.17. The summed E-state index contributed by atoms with van der Waals surface area (Å²) < 4.78 is 28.2. The van der Waals surface area contributed by atoms with E-state index >= 15 is 0 Å². The van der Waals surface area contributed by atoms with E-state index in [1.165, 1.54) is 0 Å². The Kier molecular flexibility index (Phi) is 10.6. The predicted molar refractivity (Wildman–Crippen MR) is 114 cm³/mol. The van der Waals surface area contributed by atoms with Gasteiger partial charge in [0.1, 0.15) is 46.8 Å². The van der Waals surface area contributed by atoms with Gasteiger partial charge in [-0.2, -0.15) is 0 Å². The minimum atomic E-state index is -0.843. The molecule has 0 aliphatic heterocycles. The van der Waals surface area contributed by atoms with Crippen LogP contribution in [0.1, 0.15) is 12.5 Å². The van der Waals surface area contributed by atoms with Crippen LogP contribution >= 0.6 is 26.1 Å². The fourth-order valence-electron chi connectivity index (χ4n) is 3.16. The third kappa shape index (κ3) is 6.14. The lowest BCUT2D eigenvalue weighted by atomic mass is 9.79. The average molecular weight is 424 g/mol. The summed E-state index contributed by atoms with van der Waals surface area (Å²) in [4.78, 5) is 0. The second-order valence-electron chi connectivity index (χ2n) is 6.07. The fourth-order valence-corrected chi connectivity index (χ4v) is 4.44. The predicted octanol–water partition coefficient (Wildman–Crippen LogP) is 1.78. The molecule has 0 aromatic heterocycles. The zero-order valence-corrected chi connectivity index (χ0v) is 18.2. The third-order valence-corrected chi connectivity index (χ3v) is 5.80. The number of benzene rings is 1. The molecule has 142 valence electrons. The molecular formula is C15H22B3O6P3. The number of hydrogen-bond donors (Lipinski definition) is 1. The molecule has 6 nitrogen and oxygen atoms in total. The van der Waals surface area contributed by atoms with Crippen molar-refractivity contribution in [3.63, 3.8) is 0 Å². The highest BCUT2D eigenvalue weighted by Gasteiger charge is 2.51. The van der Waals surface area contributed by atoms with E-state index in [2.05, 4.69) is 0 Å². The van der Waals surface area contributed by atoms with Crippen molar-refractivity contribution < 1.29 is 28.2 Å². The van der Waals surface area contributed by atoms with Crippen molar-refractivity contribution in [2.24, 2.45) is 5.92 Å². The summed E-state index contributed by atoms with van der Waals surface area (Å²) in [5.41, 5.74) is 0.964. The van der Waals surface area contributed by atoms with Crippen molar-refractivity contribution >= 4 is 48.8 Å². The summed E-state index contributed by atoms with van der Waals surface area (Å²) in [6.07, 6.45) is -3.14. The topological polar surface area (TPSA) is 66.4 Å². The van der Waals surface area contributed by atoms with E-state index in [-0.39, 0.29) is 32.0 Å². The third-order valence-electron chi connectivity index (χ3n) is 4.58. The fraction of sp³-hybridized carbons (Fsp3) is 0.600. The first-order chi connectivity index (χ1) is 13.1. The molecule has 1 fully saturated rings. The maximum Gasteiger partial charge on any atom is 0.144 e. The molecule has 0 heterocycles. The number of aliphatic hydroxyl groups is 1. The number of methoxy groups -OCH3 is 1. The Hall–Kier alpha value is 0.305. The molecular weight excluding hydrogens is 402 g/mol. The second-order valence-corrected chi connectivity index (χ2v) is 7.49. The van der Waals surface area contributed by atoms with E-state index < -0.39 is 30.5 Å². The first kappa shape index (κ1) is 23.6. The van der Waals surface area contributed by atoms with E-state index in [1.807, 2.05) is 31.2 Å². The number of ether oxygens (including phenoxy) is 2. The minimum absolute atomic E-state index is 0.273. The lowest BCUT2D eigenvalue weighted by molar-refractivity contribution is -0.189. The van der Waals surface area contributed by atoms with Gasteiger partial charge in [-0.15, -0.1) is 0 Å². The molecule has 1 aliphatic rings. The van der Waals surface area contributed by atoms with Crippen molar-refractivity contribution in [3.05, 3.63) is 29.8 Å². The monoisotopic (exact) mass is 424 g/mol. The Morgan fingerprint density at radius 1 is 0.889 bits per heavy atom. The molecule has 27 heavy (non-hydrogen) atoms. The Labute approximate surface area is 169 Å². The molecule has 0 saturated heterocycles. The van der Waals surface area contributed by atoms with Gasteiger partial charge in [-0.3, -0.25) is 0 Å². The summed E-state index contributed by atoms with van der Waals surface area (Å²) in [5, 5.41) is 10.7. The van der Waals surface area contributed by atoms with Crippen LogP contribution in [-0.2, 0) is 24.9 Å². The van der Waals surface area contributed by atoms with Gasteiger partial charge in [-0.1, -0.05) is 19.1 Å². The van der Waals surface area contributed by atoms with Crippen LogP contribution in [0.2, 0.25) is 0 Å². The van der Waals surface area contributed by atoms with Crippen LogP contribution in [0, 0.1) is 5.92 Å². The maximum absolute atomic E-state index is 10.7. The van der Waals surface area contributed by atoms with Gasteiger partial charge in [0.15, 0.2) is 0 Å². The summed E-state index contributed by atoms with van der Waals surface area (Å²) in [6, 6.07) is 7.56. The van der Waals surface area contributed by atoms with E-state index in [4.69, 9.17) is 45.7 Å². The summed E-state index contributed by atoms with van der Waals surface area (Å²) >= 11 is 0. The van der Waals surface area contributed by atoms with Crippen LogP contribution in [0.4, 0.5) is 0 Å². The lowest BCUT2D eigenvalue weighted by Gasteiger charge is -2.47. The van der Waals surface area contributed by atoms with Crippen LogP contribution in [0.5, 0.6) is 5.75 Å². The van der Waals surface area contributed by atoms with Gasteiger partial charge in [0, 0.05) is 5.92 Å². The van der Waals surface area contributed by atoms with E-state index in [0.717, 1.165) is 11.3 Å². The molecule has 6 radical (unpaired) electrons. The van der Waals surface area contributed by atoms with Gasteiger partial charge in [0.25, 0.3) is 0 Å². The van der Waals surface area contributed by atoms with Gasteiger partial charge in [-0.05, 0) is 43.8 Å². The van der Waals surface area contributed by atoms with Crippen LogP contribution in [0.3, 0.4) is 0 Å². The van der Waals surface area contributed by atoms with Gasteiger partial charge in [0.2, 0.25) is 0 Å². The van der Waals surface area contributed by atoms with E-state index in [1.54, 1.807) is 7.11 Å². The summed E-state index contributed by atoms with van der Waals surface area (Å²) in [7, 11) is 17.5. The second kappa shape index (κ2) is 12.1. The summed E-state index contributed by atoms with van der Waals surface area (Å²) in [5.74, 6) is 0.484. The Bertz CT molecular complexity index is 558. The molecule has 0 spiro atoms. The number of aliphatic hydroxyl groups excluding tert-OH is 1. The first-order valence-electron chi connectivity index (χ1n) is 8.33. The molecule has 0 bridgehead atoms. The minimum Gasteiger partial charge on any atom is -0.497 e. The van der Waals surface area contributed by atoms with Crippen molar-refractivity contribution in [2.75, 3.05) is 7.11 Å². The van der Waals surface area contributed by atoms with Crippen LogP contribution in [-0.4, -0.2) is 65.4 Å². The van der Waals surface area contributed by atoms with Gasteiger partial charge >= 0.3 is 0 Å². The van der Waals surface area contributed by atoms with Crippen molar-refractivity contribution in [1.29, 1.82) is 0 Å². The molecule has 9 unspecified atom stereocenters. The molecule has 0 amide bonds. The molecule has 2 rings (SSSR count). The highest BCUT2D eigenvalue weighted by molar-refractivity contribution is 7.62. The SMILES string of the molecule is [B]POC1C(O)C(C)C(OCc2ccc(OC)cc2)C(OP[B])C1OP[B]. The lowest BCUT2D eigenvalue weighted by Crippen LogP contribution is -2.61. The smallest absolute Gasteiger partial charge is 0.144 e. The normalized spacial score (nSPS) is 32.3. The van der Waals surface area contributed by atoms with Gasteiger partial charge in [0.05, 0.1) is 25.9 Å².